The molecule has 0 aliphatic carbocycles. The van der Waals surface area contributed by atoms with Crippen LogP contribution in [0.15, 0.2) is 54.6 Å². The Bertz CT molecular complexity index is 713. The van der Waals surface area contributed by atoms with E-state index >= 15 is 0 Å². The van der Waals surface area contributed by atoms with Gasteiger partial charge in [0.2, 0.25) is 0 Å². The molecule has 27 heavy (non-hydrogen) atoms. The van der Waals surface area contributed by atoms with E-state index in [0.717, 1.165) is 29.7 Å². The summed E-state index contributed by atoms with van der Waals surface area (Å²) in [6, 6.07) is 17.3. The second-order valence-electron chi connectivity index (χ2n) is 6.33. The van der Waals surface area contributed by atoms with Crippen molar-refractivity contribution in [3.63, 3.8) is 0 Å². The maximum Gasteiger partial charge on any atom is 0.306 e. The Morgan fingerprint density at radius 1 is 1.04 bits per heavy atom. The molecule has 2 aromatic carbocycles. The van der Waals surface area contributed by atoms with Crippen LogP contribution in [-0.4, -0.2) is 25.6 Å². The number of carbonyl (C=O) groups excluding carboxylic acids is 2. The van der Waals surface area contributed by atoms with Crippen molar-refractivity contribution in [2.45, 2.75) is 38.6 Å². The predicted octanol–water partition coefficient (Wildman–Crippen LogP) is 3.83. The van der Waals surface area contributed by atoms with Crippen molar-refractivity contribution in [1.29, 1.82) is 0 Å². The first kappa shape index (κ1) is 20.5. The summed E-state index contributed by atoms with van der Waals surface area (Å²) in [5, 5.41) is 2.95. The van der Waals surface area contributed by atoms with Crippen molar-refractivity contribution in [1.82, 2.24) is 5.32 Å². The van der Waals surface area contributed by atoms with E-state index in [-0.39, 0.29) is 30.9 Å². The molecule has 0 radical (unpaired) electrons. The second kappa shape index (κ2) is 11.0. The highest BCUT2D eigenvalue weighted by Gasteiger charge is 2.15. The highest BCUT2D eigenvalue weighted by atomic mass is 16.5. The van der Waals surface area contributed by atoms with Crippen LogP contribution in [0.2, 0.25) is 0 Å². The molecule has 0 saturated carbocycles. The van der Waals surface area contributed by atoms with Crippen LogP contribution in [0.4, 0.5) is 0 Å². The van der Waals surface area contributed by atoms with Crippen LogP contribution in [-0.2, 0) is 20.7 Å². The molecule has 144 valence electrons. The second-order valence-corrected chi connectivity index (χ2v) is 6.33. The lowest BCUT2D eigenvalue weighted by Gasteiger charge is -2.18. The summed E-state index contributed by atoms with van der Waals surface area (Å²) < 4.78 is 10.2. The van der Waals surface area contributed by atoms with Crippen LogP contribution >= 0.6 is 0 Å². The van der Waals surface area contributed by atoms with Gasteiger partial charge < -0.3 is 14.8 Å². The SMILES string of the molecule is CCCC(NC(=O)COC(=O)CCc1ccc(OC)cc1)c1ccccc1. The minimum Gasteiger partial charge on any atom is -0.497 e. The summed E-state index contributed by atoms with van der Waals surface area (Å²) in [5.41, 5.74) is 2.07. The minimum atomic E-state index is -0.382. The number of rotatable bonds is 10. The highest BCUT2D eigenvalue weighted by Crippen LogP contribution is 2.18. The maximum atomic E-state index is 12.1. The van der Waals surface area contributed by atoms with Crippen molar-refractivity contribution in [3.8, 4) is 5.75 Å². The first-order chi connectivity index (χ1) is 13.1. The van der Waals surface area contributed by atoms with E-state index in [1.807, 2.05) is 54.6 Å². The fourth-order valence-corrected chi connectivity index (χ4v) is 2.79. The van der Waals surface area contributed by atoms with Gasteiger partial charge in [0.1, 0.15) is 5.75 Å². The van der Waals surface area contributed by atoms with E-state index in [2.05, 4.69) is 12.2 Å². The smallest absolute Gasteiger partial charge is 0.306 e. The van der Waals surface area contributed by atoms with Crippen LogP contribution in [0.3, 0.4) is 0 Å². The monoisotopic (exact) mass is 369 g/mol. The normalized spacial score (nSPS) is 11.5. The van der Waals surface area contributed by atoms with Gasteiger partial charge in [-0.15, -0.1) is 0 Å². The number of aryl methyl sites for hydroxylation is 1. The third-order valence-electron chi connectivity index (χ3n) is 4.26. The average Bonchev–Trinajstić information content (AvgIpc) is 2.71. The number of carbonyl (C=O) groups is 2. The van der Waals surface area contributed by atoms with Gasteiger partial charge in [-0.2, -0.15) is 0 Å². The van der Waals surface area contributed by atoms with Gasteiger partial charge in [-0.05, 0) is 36.1 Å². The molecule has 0 spiro atoms. The number of esters is 1. The van der Waals surface area contributed by atoms with E-state index in [0.29, 0.717) is 6.42 Å². The van der Waals surface area contributed by atoms with E-state index < -0.39 is 0 Å². The Labute approximate surface area is 160 Å². The molecule has 1 amide bonds. The fourth-order valence-electron chi connectivity index (χ4n) is 2.79. The fraction of sp³-hybridized carbons (Fsp3) is 0.364. The first-order valence-corrected chi connectivity index (χ1v) is 9.25. The van der Waals surface area contributed by atoms with Crippen LogP contribution in [0.1, 0.15) is 43.4 Å². The van der Waals surface area contributed by atoms with Gasteiger partial charge in [0, 0.05) is 6.42 Å². The summed E-state index contributed by atoms with van der Waals surface area (Å²) >= 11 is 0. The summed E-state index contributed by atoms with van der Waals surface area (Å²) in [4.78, 5) is 24.0. The van der Waals surface area contributed by atoms with Crippen molar-refractivity contribution in [2.24, 2.45) is 0 Å². The third-order valence-corrected chi connectivity index (χ3v) is 4.26. The molecule has 5 nitrogen and oxygen atoms in total. The van der Waals surface area contributed by atoms with Crippen LogP contribution in [0.5, 0.6) is 5.75 Å². The zero-order valence-electron chi connectivity index (χ0n) is 15.9. The number of hydrogen-bond acceptors (Lipinski definition) is 4. The molecule has 0 fully saturated rings. The topological polar surface area (TPSA) is 64.6 Å². The summed E-state index contributed by atoms with van der Waals surface area (Å²) in [5.74, 6) is 0.112. The van der Waals surface area contributed by atoms with Crippen molar-refractivity contribution in [3.05, 3.63) is 65.7 Å². The zero-order chi connectivity index (χ0) is 19.5. The van der Waals surface area contributed by atoms with Gasteiger partial charge in [-0.3, -0.25) is 9.59 Å². The Hall–Kier alpha value is -2.82. The Kier molecular flexibility index (Phi) is 8.36. The van der Waals surface area contributed by atoms with Gasteiger partial charge >= 0.3 is 5.97 Å². The Morgan fingerprint density at radius 3 is 2.37 bits per heavy atom. The van der Waals surface area contributed by atoms with Gasteiger partial charge in [0.05, 0.1) is 13.2 Å². The first-order valence-electron chi connectivity index (χ1n) is 9.25. The lowest BCUT2D eigenvalue weighted by atomic mass is 10.0. The lowest BCUT2D eigenvalue weighted by Crippen LogP contribution is -2.32. The molecule has 0 heterocycles. The van der Waals surface area contributed by atoms with E-state index in [1.54, 1.807) is 7.11 Å². The molecule has 5 heteroatoms. The van der Waals surface area contributed by atoms with Crippen molar-refractivity contribution in [2.75, 3.05) is 13.7 Å². The van der Waals surface area contributed by atoms with Crippen LogP contribution in [0.25, 0.3) is 0 Å². The molecule has 1 atom stereocenters. The van der Waals surface area contributed by atoms with E-state index in [4.69, 9.17) is 9.47 Å². The number of hydrogen-bond donors (Lipinski definition) is 1. The maximum absolute atomic E-state index is 12.1. The standard InChI is InChI=1S/C22H27NO4/c1-3-7-20(18-8-5-4-6-9-18)23-21(24)16-27-22(25)15-12-17-10-13-19(26-2)14-11-17/h4-6,8-11,13-14,20H,3,7,12,15-16H2,1-2H3,(H,23,24). The molecule has 0 aliphatic heterocycles. The van der Waals surface area contributed by atoms with Crippen LogP contribution in [0, 0.1) is 0 Å². The molecular formula is C22H27NO4. The zero-order valence-corrected chi connectivity index (χ0v) is 15.9. The van der Waals surface area contributed by atoms with Gasteiger partial charge in [-0.1, -0.05) is 55.8 Å². The summed E-state index contributed by atoms with van der Waals surface area (Å²) in [6.45, 7) is 1.82. The quantitative estimate of drug-likeness (QED) is 0.647. The largest absolute Gasteiger partial charge is 0.497 e. The van der Waals surface area contributed by atoms with Gasteiger partial charge in [0.25, 0.3) is 5.91 Å². The molecular weight excluding hydrogens is 342 g/mol. The molecule has 0 aliphatic rings. The van der Waals surface area contributed by atoms with E-state index in [1.165, 1.54) is 0 Å². The molecule has 1 unspecified atom stereocenters. The Morgan fingerprint density at radius 2 is 1.74 bits per heavy atom. The predicted molar refractivity (Wildman–Crippen MR) is 105 cm³/mol. The van der Waals surface area contributed by atoms with Gasteiger partial charge in [-0.25, -0.2) is 0 Å². The molecule has 2 rings (SSSR count). The van der Waals surface area contributed by atoms with Crippen LogP contribution < -0.4 is 10.1 Å². The van der Waals surface area contributed by atoms with Gasteiger partial charge in [0.15, 0.2) is 6.61 Å². The lowest BCUT2D eigenvalue weighted by molar-refractivity contribution is -0.148. The van der Waals surface area contributed by atoms with Crippen molar-refractivity contribution >= 4 is 11.9 Å². The highest BCUT2D eigenvalue weighted by molar-refractivity contribution is 5.80. The number of benzene rings is 2. The number of methoxy groups -OCH3 is 1. The molecule has 0 bridgehead atoms. The number of nitrogens with one attached hydrogen (secondary N) is 1. The Balaban J connectivity index is 1.75. The van der Waals surface area contributed by atoms with E-state index in [9.17, 15) is 9.59 Å². The number of amides is 1. The summed E-state index contributed by atoms with van der Waals surface area (Å²) in [7, 11) is 1.61. The minimum absolute atomic E-state index is 0.0679. The molecule has 2 aromatic rings. The molecule has 0 saturated heterocycles. The molecule has 1 N–H and O–H groups in total. The van der Waals surface area contributed by atoms with Crippen molar-refractivity contribution < 1.29 is 19.1 Å². The third kappa shape index (κ3) is 7.13. The molecule has 0 aromatic heterocycles. The summed E-state index contributed by atoms with van der Waals surface area (Å²) in [6.07, 6.45) is 2.58. The average molecular weight is 369 g/mol. The number of ether oxygens (including phenoxy) is 2.